The molecule has 0 bridgehead atoms. The summed E-state index contributed by atoms with van der Waals surface area (Å²) in [6, 6.07) is 8.33. The second-order valence-electron chi connectivity index (χ2n) is 4.50. The Labute approximate surface area is 134 Å². The molecule has 2 aromatic heterocycles. The maximum absolute atomic E-state index is 11.8. The molecule has 0 saturated heterocycles. The largest absolute Gasteiger partial charge is 0.504 e. The Morgan fingerprint density at radius 2 is 2.14 bits per heavy atom. The Balaban J connectivity index is 2.12. The van der Waals surface area contributed by atoms with Crippen LogP contribution in [0, 0.1) is 0 Å². The Morgan fingerprint density at radius 3 is 2.82 bits per heavy atom. The molecule has 3 rings (SSSR count). The highest BCUT2D eigenvalue weighted by Gasteiger charge is 2.10. The summed E-state index contributed by atoms with van der Waals surface area (Å²) in [6.07, 6.45) is 0. The highest BCUT2D eigenvalue weighted by Crippen LogP contribution is 2.32. The zero-order valence-corrected chi connectivity index (χ0v) is 13.0. The van der Waals surface area contributed by atoms with Gasteiger partial charge >= 0.3 is 5.69 Å². The molecule has 0 aliphatic rings. The Morgan fingerprint density at radius 1 is 1.32 bits per heavy atom. The van der Waals surface area contributed by atoms with Gasteiger partial charge in [0.15, 0.2) is 11.5 Å². The molecule has 1 aromatic carbocycles. The lowest BCUT2D eigenvalue weighted by molar-refractivity contribution is 0.373. The number of thiophene rings is 1. The highest BCUT2D eigenvalue weighted by atomic mass is 35.5. The number of aromatic hydroxyl groups is 1. The molecule has 0 aliphatic heterocycles. The average Bonchev–Trinajstić information content (AvgIpc) is 2.94. The van der Waals surface area contributed by atoms with Gasteiger partial charge in [-0.25, -0.2) is 4.79 Å². The van der Waals surface area contributed by atoms with Crippen LogP contribution in [-0.4, -0.2) is 22.2 Å². The van der Waals surface area contributed by atoms with Crippen LogP contribution < -0.4 is 10.4 Å². The molecule has 0 atom stereocenters. The molecule has 3 aromatic rings. The monoisotopic (exact) mass is 334 g/mol. The molecule has 0 radical (unpaired) electrons. The van der Waals surface area contributed by atoms with Gasteiger partial charge in [0, 0.05) is 10.9 Å². The lowest BCUT2D eigenvalue weighted by Gasteiger charge is -2.07. The van der Waals surface area contributed by atoms with Crippen LogP contribution in [0.5, 0.6) is 11.5 Å². The molecule has 7 heteroatoms. The van der Waals surface area contributed by atoms with Crippen molar-refractivity contribution in [3.05, 3.63) is 51.2 Å². The predicted octanol–water partition coefficient (Wildman–Crippen LogP) is 3.53. The number of hydrogen-bond acceptors (Lipinski definition) is 5. The smallest absolute Gasteiger partial charge is 0.345 e. The second kappa shape index (κ2) is 5.82. The molecule has 0 amide bonds. The van der Waals surface area contributed by atoms with E-state index in [-0.39, 0.29) is 5.75 Å². The zero-order chi connectivity index (χ0) is 15.7. The first-order valence-electron chi connectivity index (χ1n) is 6.30. The molecule has 0 saturated carbocycles. The average molecular weight is 335 g/mol. The van der Waals surface area contributed by atoms with Crippen LogP contribution in [0.25, 0.3) is 21.8 Å². The first kappa shape index (κ1) is 14.6. The van der Waals surface area contributed by atoms with Gasteiger partial charge in [0.05, 0.1) is 28.4 Å². The second-order valence-corrected chi connectivity index (χ2v) is 5.85. The van der Waals surface area contributed by atoms with E-state index in [1.54, 1.807) is 29.6 Å². The van der Waals surface area contributed by atoms with Gasteiger partial charge < -0.3 is 14.8 Å². The van der Waals surface area contributed by atoms with Crippen molar-refractivity contribution in [1.29, 1.82) is 0 Å². The number of phenols is 1. The third-order valence-corrected chi connectivity index (χ3v) is 4.36. The van der Waals surface area contributed by atoms with Gasteiger partial charge in [0.1, 0.15) is 0 Å². The molecule has 22 heavy (non-hydrogen) atoms. The minimum Gasteiger partial charge on any atom is -0.504 e. The lowest BCUT2D eigenvalue weighted by atomic mass is 10.1. The molecular formula is C15H11ClN2O3S. The summed E-state index contributed by atoms with van der Waals surface area (Å²) in [4.78, 5) is 19.3. The first-order valence-corrected chi connectivity index (χ1v) is 7.56. The topological polar surface area (TPSA) is 75.2 Å². The van der Waals surface area contributed by atoms with Crippen molar-refractivity contribution in [3.63, 3.8) is 0 Å². The van der Waals surface area contributed by atoms with Crippen molar-refractivity contribution in [1.82, 2.24) is 9.97 Å². The van der Waals surface area contributed by atoms with Crippen LogP contribution in [0.1, 0.15) is 0 Å². The van der Waals surface area contributed by atoms with Crippen LogP contribution in [0.2, 0.25) is 5.02 Å². The fourth-order valence-electron chi connectivity index (χ4n) is 2.03. The van der Waals surface area contributed by atoms with Gasteiger partial charge in [0.25, 0.3) is 0 Å². The number of benzene rings is 1. The Hall–Kier alpha value is -2.31. The van der Waals surface area contributed by atoms with E-state index >= 15 is 0 Å². The minimum absolute atomic E-state index is 0.0290. The van der Waals surface area contributed by atoms with E-state index in [1.807, 2.05) is 0 Å². The summed E-state index contributed by atoms with van der Waals surface area (Å²) in [5.74, 6) is 0.349. The van der Waals surface area contributed by atoms with Gasteiger partial charge in [-0.1, -0.05) is 11.6 Å². The number of H-pyrrole nitrogens is 1. The predicted molar refractivity (Wildman–Crippen MR) is 86.8 cm³/mol. The molecule has 0 aliphatic carbocycles. The number of aromatic nitrogens is 2. The standard InChI is InChI=1S/C15H11ClN2O3S/c1-21-13-4-8(2-3-12(13)19)10-6-11(18-15(20)17-10)14-5-9(16)7-22-14/h2-7,19H,1H3,(H,17,18,20). The van der Waals surface area contributed by atoms with Crippen LogP contribution >= 0.6 is 22.9 Å². The number of phenolic OH excluding ortho intramolecular Hbond substituents is 1. The number of aromatic amines is 1. The molecular weight excluding hydrogens is 324 g/mol. The summed E-state index contributed by atoms with van der Waals surface area (Å²) >= 11 is 7.35. The third-order valence-electron chi connectivity index (χ3n) is 3.05. The van der Waals surface area contributed by atoms with Crippen LogP contribution in [0.3, 0.4) is 0 Å². The summed E-state index contributed by atoms with van der Waals surface area (Å²) in [5, 5.41) is 12.1. The summed E-state index contributed by atoms with van der Waals surface area (Å²) < 4.78 is 5.08. The fraction of sp³-hybridized carbons (Fsp3) is 0.0667. The molecule has 2 N–H and O–H groups in total. The van der Waals surface area contributed by atoms with Crippen molar-refractivity contribution < 1.29 is 9.84 Å². The van der Waals surface area contributed by atoms with E-state index in [1.165, 1.54) is 24.5 Å². The summed E-state index contributed by atoms with van der Waals surface area (Å²) in [7, 11) is 1.46. The minimum atomic E-state index is -0.455. The number of halogens is 1. The molecule has 2 heterocycles. The fourth-order valence-corrected chi connectivity index (χ4v) is 3.08. The third kappa shape index (κ3) is 2.84. The van der Waals surface area contributed by atoms with Crippen LogP contribution in [-0.2, 0) is 0 Å². The Kier molecular flexibility index (Phi) is 3.87. The van der Waals surface area contributed by atoms with Gasteiger partial charge in [0.2, 0.25) is 0 Å². The van der Waals surface area contributed by atoms with E-state index < -0.39 is 5.69 Å². The van der Waals surface area contributed by atoms with E-state index in [4.69, 9.17) is 16.3 Å². The maximum Gasteiger partial charge on any atom is 0.345 e. The molecule has 0 unspecified atom stereocenters. The number of nitrogens with one attached hydrogen (secondary N) is 1. The van der Waals surface area contributed by atoms with Crippen LogP contribution in [0.15, 0.2) is 40.5 Å². The van der Waals surface area contributed by atoms with E-state index in [0.717, 1.165) is 4.88 Å². The van der Waals surface area contributed by atoms with Crippen molar-refractivity contribution in [2.45, 2.75) is 0 Å². The molecule has 112 valence electrons. The summed E-state index contributed by atoms with van der Waals surface area (Å²) in [6.45, 7) is 0. The SMILES string of the molecule is COc1cc(-c2cc(-c3cc(Cl)cs3)[nH]c(=O)n2)ccc1O. The van der Waals surface area contributed by atoms with E-state index in [0.29, 0.717) is 27.7 Å². The number of hydrogen-bond donors (Lipinski definition) is 2. The maximum atomic E-state index is 11.8. The molecule has 5 nitrogen and oxygen atoms in total. The van der Waals surface area contributed by atoms with Gasteiger partial charge in [-0.05, 0) is 30.3 Å². The highest BCUT2D eigenvalue weighted by molar-refractivity contribution is 7.14. The normalized spacial score (nSPS) is 10.6. The van der Waals surface area contributed by atoms with E-state index in [2.05, 4.69) is 9.97 Å². The van der Waals surface area contributed by atoms with Crippen molar-refractivity contribution in [2.75, 3.05) is 7.11 Å². The zero-order valence-electron chi connectivity index (χ0n) is 11.5. The summed E-state index contributed by atoms with van der Waals surface area (Å²) in [5.41, 5.74) is 1.34. The first-order chi connectivity index (χ1) is 10.6. The van der Waals surface area contributed by atoms with Gasteiger partial charge in [-0.3, -0.25) is 0 Å². The number of nitrogens with zero attached hydrogens (tertiary/aromatic N) is 1. The van der Waals surface area contributed by atoms with Gasteiger partial charge in [-0.15, -0.1) is 11.3 Å². The number of rotatable bonds is 3. The quantitative estimate of drug-likeness (QED) is 0.768. The Bertz CT molecular complexity index is 888. The van der Waals surface area contributed by atoms with Gasteiger partial charge in [-0.2, -0.15) is 4.98 Å². The van der Waals surface area contributed by atoms with Crippen molar-refractivity contribution in [2.24, 2.45) is 0 Å². The van der Waals surface area contributed by atoms with Crippen LogP contribution in [0.4, 0.5) is 0 Å². The van der Waals surface area contributed by atoms with E-state index in [9.17, 15) is 9.90 Å². The van der Waals surface area contributed by atoms with Crippen molar-refractivity contribution >= 4 is 22.9 Å². The number of ether oxygens (including phenoxy) is 1. The number of methoxy groups -OCH3 is 1. The van der Waals surface area contributed by atoms with Crippen molar-refractivity contribution in [3.8, 4) is 33.3 Å². The molecule has 0 fully saturated rings. The lowest BCUT2D eigenvalue weighted by Crippen LogP contribution is -2.11. The molecule has 0 spiro atoms.